The van der Waals surface area contributed by atoms with Crippen LogP contribution in [0.15, 0.2) is 6.33 Å². The zero-order valence-corrected chi connectivity index (χ0v) is 7.98. The number of aromatic nitrogens is 3. The van der Waals surface area contributed by atoms with Crippen molar-refractivity contribution in [2.45, 2.75) is 6.54 Å². The van der Waals surface area contributed by atoms with Gasteiger partial charge in [0.05, 0.1) is 6.54 Å². The Balaban J connectivity index is 2.51. The van der Waals surface area contributed by atoms with Gasteiger partial charge in [-0.1, -0.05) is 0 Å². The summed E-state index contributed by atoms with van der Waals surface area (Å²) in [6.45, 7) is 0.441. The Morgan fingerprint density at radius 1 is 1.54 bits per heavy atom. The quantitative estimate of drug-likeness (QED) is 0.697. The normalized spacial score (nSPS) is 9.77. The summed E-state index contributed by atoms with van der Waals surface area (Å²) < 4.78 is 0. The molecule has 0 atom stereocenters. The monoisotopic (exact) mass is 183 g/mol. The zero-order valence-electron chi connectivity index (χ0n) is 7.98. The van der Waals surface area contributed by atoms with E-state index in [0.717, 1.165) is 0 Å². The summed E-state index contributed by atoms with van der Waals surface area (Å²) in [5.41, 5.74) is 0. The minimum absolute atomic E-state index is 0.0589. The third kappa shape index (κ3) is 2.43. The molecule has 6 nitrogen and oxygen atoms in total. The molecule has 0 unspecified atom stereocenters. The van der Waals surface area contributed by atoms with E-state index in [0.29, 0.717) is 12.4 Å². The lowest BCUT2D eigenvalue weighted by Gasteiger charge is -2.20. The maximum absolute atomic E-state index is 11.4. The van der Waals surface area contributed by atoms with Gasteiger partial charge in [0.25, 0.3) is 0 Å². The first kappa shape index (κ1) is 9.50. The van der Waals surface area contributed by atoms with Crippen molar-refractivity contribution in [2.75, 3.05) is 21.1 Å². The minimum Gasteiger partial charge on any atom is -0.331 e. The van der Waals surface area contributed by atoms with Gasteiger partial charge in [0.15, 0.2) is 0 Å². The number of amides is 2. The van der Waals surface area contributed by atoms with Crippen molar-refractivity contribution in [3.8, 4) is 0 Å². The Labute approximate surface area is 76.6 Å². The minimum atomic E-state index is -0.0589. The van der Waals surface area contributed by atoms with Crippen LogP contribution in [-0.4, -0.2) is 52.2 Å². The number of hydrogen-bond donors (Lipinski definition) is 1. The second-order valence-electron chi connectivity index (χ2n) is 2.97. The van der Waals surface area contributed by atoms with Crippen molar-refractivity contribution in [3.63, 3.8) is 0 Å². The average molecular weight is 183 g/mol. The fourth-order valence-corrected chi connectivity index (χ4v) is 0.941. The molecule has 0 spiro atoms. The van der Waals surface area contributed by atoms with E-state index in [2.05, 4.69) is 15.2 Å². The van der Waals surface area contributed by atoms with Crippen LogP contribution in [0.1, 0.15) is 5.82 Å². The first-order valence-corrected chi connectivity index (χ1v) is 3.88. The van der Waals surface area contributed by atoms with Gasteiger partial charge in [-0.25, -0.2) is 9.78 Å². The number of nitrogens with one attached hydrogen (secondary N) is 1. The van der Waals surface area contributed by atoms with E-state index in [1.807, 2.05) is 0 Å². The maximum atomic E-state index is 11.4. The first-order valence-electron chi connectivity index (χ1n) is 3.88. The zero-order chi connectivity index (χ0) is 9.84. The molecular weight excluding hydrogens is 170 g/mol. The maximum Gasteiger partial charge on any atom is 0.319 e. The number of nitrogens with zero attached hydrogens (tertiary/aromatic N) is 4. The Hall–Kier alpha value is -1.59. The van der Waals surface area contributed by atoms with Gasteiger partial charge in [0, 0.05) is 21.1 Å². The standard InChI is InChI=1S/C7H13N5O/c1-11(2)7(13)12(3)4-6-8-5-9-10-6/h5H,4H2,1-3H3,(H,8,9,10). The molecule has 0 saturated carbocycles. The summed E-state index contributed by atoms with van der Waals surface area (Å²) in [4.78, 5) is 18.3. The van der Waals surface area contributed by atoms with Gasteiger partial charge in [0.1, 0.15) is 12.2 Å². The lowest BCUT2D eigenvalue weighted by molar-refractivity contribution is 0.179. The highest BCUT2D eigenvalue weighted by Crippen LogP contribution is 1.96. The molecule has 6 heteroatoms. The summed E-state index contributed by atoms with van der Waals surface area (Å²) in [6.07, 6.45) is 1.42. The van der Waals surface area contributed by atoms with E-state index in [4.69, 9.17) is 0 Å². The van der Waals surface area contributed by atoms with E-state index in [-0.39, 0.29) is 6.03 Å². The molecule has 0 aliphatic rings. The van der Waals surface area contributed by atoms with Crippen LogP contribution in [0.4, 0.5) is 4.79 Å². The van der Waals surface area contributed by atoms with Crippen LogP contribution in [0.25, 0.3) is 0 Å². The van der Waals surface area contributed by atoms with Crippen molar-refractivity contribution in [2.24, 2.45) is 0 Å². The van der Waals surface area contributed by atoms with Gasteiger partial charge in [-0.05, 0) is 0 Å². The van der Waals surface area contributed by atoms with Crippen molar-refractivity contribution in [1.82, 2.24) is 25.0 Å². The number of carbonyl (C=O) groups excluding carboxylic acids is 1. The van der Waals surface area contributed by atoms with Crippen LogP contribution in [0.2, 0.25) is 0 Å². The van der Waals surface area contributed by atoms with Gasteiger partial charge in [0.2, 0.25) is 0 Å². The summed E-state index contributed by atoms with van der Waals surface area (Å²) in [5, 5.41) is 6.38. The number of rotatable bonds is 2. The van der Waals surface area contributed by atoms with Crippen molar-refractivity contribution in [3.05, 3.63) is 12.2 Å². The fourth-order valence-electron chi connectivity index (χ4n) is 0.941. The second kappa shape index (κ2) is 3.88. The third-order valence-electron chi connectivity index (χ3n) is 1.56. The summed E-state index contributed by atoms with van der Waals surface area (Å²) in [6, 6.07) is -0.0589. The SMILES string of the molecule is CN(C)C(=O)N(C)Cc1ncn[nH]1. The van der Waals surface area contributed by atoms with Gasteiger partial charge in [-0.3, -0.25) is 5.10 Å². The number of hydrogen-bond acceptors (Lipinski definition) is 3. The predicted octanol–water partition coefficient (Wildman–Crippen LogP) is -0.0819. The lowest BCUT2D eigenvalue weighted by atomic mass is 10.5. The highest BCUT2D eigenvalue weighted by molar-refractivity contribution is 5.73. The van der Waals surface area contributed by atoms with E-state index in [1.165, 1.54) is 11.2 Å². The summed E-state index contributed by atoms with van der Waals surface area (Å²) in [7, 11) is 5.13. The van der Waals surface area contributed by atoms with Crippen LogP contribution < -0.4 is 0 Å². The molecule has 1 rings (SSSR count). The van der Waals surface area contributed by atoms with E-state index >= 15 is 0 Å². The van der Waals surface area contributed by atoms with Gasteiger partial charge >= 0.3 is 6.03 Å². The van der Waals surface area contributed by atoms with Gasteiger partial charge in [-0.2, -0.15) is 5.10 Å². The highest BCUT2D eigenvalue weighted by atomic mass is 16.2. The molecule has 0 bridgehead atoms. The Kier molecular flexibility index (Phi) is 2.84. The molecule has 0 saturated heterocycles. The van der Waals surface area contributed by atoms with Crippen LogP contribution in [0, 0.1) is 0 Å². The average Bonchev–Trinajstić information content (AvgIpc) is 2.55. The number of aromatic amines is 1. The van der Waals surface area contributed by atoms with Gasteiger partial charge in [-0.15, -0.1) is 0 Å². The smallest absolute Gasteiger partial charge is 0.319 e. The third-order valence-corrected chi connectivity index (χ3v) is 1.56. The van der Waals surface area contributed by atoms with E-state index in [9.17, 15) is 4.79 Å². The molecule has 1 heterocycles. The molecule has 2 amide bonds. The highest BCUT2D eigenvalue weighted by Gasteiger charge is 2.11. The Morgan fingerprint density at radius 2 is 2.23 bits per heavy atom. The second-order valence-corrected chi connectivity index (χ2v) is 2.97. The number of urea groups is 1. The van der Waals surface area contributed by atoms with Crippen LogP contribution >= 0.6 is 0 Å². The molecule has 1 aromatic rings. The van der Waals surface area contributed by atoms with E-state index in [1.54, 1.807) is 26.0 Å². The fraction of sp³-hybridized carbons (Fsp3) is 0.571. The number of carbonyl (C=O) groups is 1. The Morgan fingerprint density at radius 3 is 2.69 bits per heavy atom. The molecule has 0 aromatic carbocycles. The molecule has 0 aliphatic carbocycles. The summed E-state index contributed by atoms with van der Waals surface area (Å²) >= 11 is 0. The molecule has 0 fully saturated rings. The number of H-pyrrole nitrogens is 1. The van der Waals surface area contributed by atoms with Gasteiger partial charge < -0.3 is 9.80 Å². The topological polar surface area (TPSA) is 65.1 Å². The molecule has 1 aromatic heterocycles. The van der Waals surface area contributed by atoms with Crippen molar-refractivity contribution >= 4 is 6.03 Å². The molecule has 72 valence electrons. The first-order chi connectivity index (χ1) is 6.11. The van der Waals surface area contributed by atoms with Crippen molar-refractivity contribution in [1.29, 1.82) is 0 Å². The lowest BCUT2D eigenvalue weighted by Crippen LogP contribution is -2.36. The van der Waals surface area contributed by atoms with Crippen molar-refractivity contribution < 1.29 is 4.79 Å². The van der Waals surface area contributed by atoms with E-state index < -0.39 is 0 Å². The summed E-state index contributed by atoms with van der Waals surface area (Å²) in [5.74, 6) is 0.678. The molecule has 0 aliphatic heterocycles. The molecular formula is C7H13N5O. The van der Waals surface area contributed by atoms with Crippen LogP contribution in [0.5, 0.6) is 0 Å². The molecule has 1 N–H and O–H groups in total. The molecule has 0 radical (unpaired) electrons. The largest absolute Gasteiger partial charge is 0.331 e. The van der Waals surface area contributed by atoms with Crippen LogP contribution in [0.3, 0.4) is 0 Å². The molecule has 13 heavy (non-hydrogen) atoms. The predicted molar refractivity (Wildman–Crippen MR) is 46.9 cm³/mol. The van der Waals surface area contributed by atoms with Crippen LogP contribution in [-0.2, 0) is 6.54 Å². The Bertz CT molecular complexity index is 268.